The Morgan fingerprint density at radius 2 is 1.90 bits per heavy atom. The Hall–Kier alpha value is -2.91. The number of nitrogens with zero attached hydrogens (tertiary/aromatic N) is 5. The number of nitrogens with one attached hydrogen (secondary N) is 1. The average molecular weight is 427 g/mol. The number of hydrogen-bond donors (Lipinski definition) is 1. The minimum atomic E-state index is -0.344. The lowest BCUT2D eigenvalue weighted by Gasteiger charge is -2.13. The standard InChI is InChI=1S/C21H26N6O2S/c1-16(30-21-23-24-25-27(21)14-13-26(2)3)20(28)22-18-9-11-19(12-10-18)29-15-17-7-5-4-6-8-17/h4-12,16H,13-15H2,1-3H3,(H,22,28). The Labute approximate surface area is 180 Å². The van der Waals surface area contributed by atoms with Crippen LogP contribution in [0, 0.1) is 0 Å². The number of tetrazole rings is 1. The lowest BCUT2D eigenvalue weighted by molar-refractivity contribution is -0.115. The van der Waals surface area contributed by atoms with E-state index in [1.54, 1.807) is 4.68 Å². The molecule has 0 spiro atoms. The second kappa shape index (κ2) is 10.7. The third-order valence-corrected chi connectivity index (χ3v) is 5.35. The Morgan fingerprint density at radius 3 is 2.60 bits per heavy atom. The molecule has 9 heteroatoms. The second-order valence-electron chi connectivity index (χ2n) is 7.04. The molecule has 1 amide bonds. The maximum Gasteiger partial charge on any atom is 0.237 e. The van der Waals surface area contributed by atoms with Crippen molar-refractivity contribution in [3.05, 3.63) is 60.2 Å². The first-order chi connectivity index (χ1) is 14.5. The van der Waals surface area contributed by atoms with E-state index in [2.05, 4.69) is 25.7 Å². The largest absolute Gasteiger partial charge is 0.489 e. The van der Waals surface area contributed by atoms with Crippen LogP contribution in [0.25, 0.3) is 0 Å². The van der Waals surface area contributed by atoms with Crippen molar-refractivity contribution in [3.63, 3.8) is 0 Å². The third kappa shape index (κ3) is 6.57. The van der Waals surface area contributed by atoms with Gasteiger partial charge in [-0.05, 0) is 61.3 Å². The van der Waals surface area contributed by atoms with Gasteiger partial charge in [0.15, 0.2) is 0 Å². The fraction of sp³-hybridized carbons (Fsp3) is 0.333. The molecule has 0 fully saturated rings. The van der Waals surface area contributed by atoms with Gasteiger partial charge in [-0.3, -0.25) is 4.79 Å². The Bertz CT molecular complexity index is 930. The van der Waals surface area contributed by atoms with Crippen LogP contribution in [0.4, 0.5) is 5.69 Å². The highest BCUT2D eigenvalue weighted by atomic mass is 32.2. The Morgan fingerprint density at radius 1 is 1.17 bits per heavy atom. The van der Waals surface area contributed by atoms with Crippen molar-refractivity contribution < 1.29 is 9.53 Å². The van der Waals surface area contributed by atoms with Crippen molar-refractivity contribution in [2.24, 2.45) is 0 Å². The quantitative estimate of drug-likeness (QED) is 0.499. The fourth-order valence-corrected chi connectivity index (χ4v) is 3.36. The summed E-state index contributed by atoms with van der Waals surface area (Å²) in [6.45, 7) is 3.82. The molecule has 0 aliphatic heterocycles. The molecule has 158 valence electrons. The number of amides is 1. The highest BCUT2D eigenvalue weighted by Crippen LogP contribution is 2.22. The van der Waals surface area contributed by atoms with Gasteiger partial charge in [0.05, 0.1) is 11.8 Å². The molecule has 8 nitrogen and oxygen atoms in total. The zero-order valence-corrected chi connectivity index (χ0v) is 18.2. The van der Waals surface area contributed by atoms with E-state index >= 15 is 0 Å². The first-order valence-electron chi connectivity index (χ1n) is 9.66. The van der Waals surface area contributed by atoms with Gasteiger partial charge in [-0.2, -0.15) is 0 Å². The number of likely N-dealkylation sites (N-methyl/N-ethyl adjacent to an activating group) is 1. The number of benzene rings is 2. The number of rotatable bonds is 10. The molecule has 0 aliphatic carbocycles. The summed E-state index contributed by atoms with van der Waals surface area (Å²) in [7, 11) is 3.98. The lowest BCUT2D eigenvalue weighted by Crippen LogP contribution is -2.24. The minimum Gasteiger partial charge on any atom is -0.489 e. The minimum absolute atomic E-state index is 0.111. The van der Waals surface area contributed by atoms with Crippen LogP contribution >= 0.6 is 11.8 Å². The van der Waals surface area contributed by atoms with Crippen LogP contribution in [0.1, 0.15) is 12.5 Å². The highest BCUT2D eigenvalue weighted by molar-refractivity contribution is 8.00. The molecule has 1 heterocycles. The molecule has 0 bridgehead atoms. The molecule has 1 atom stereocenters. The zero-order chi connectivity index (χ0) is 21.3. The van der Waals surface area contributed by atoms with Crippen molar-refractivity contribution >= 4 is 23.4 Å². The van der Waals surface area contributed by atoms with Crippen LogP contribution in [0.5, 0.6) is 5.75 Å². The highest BCUT2D eigenvalue weighted by Gasteiger charge is 2.18. The monoisotopic (exact) mass is 426 g/mol. The average Bonchev–Trinajstić information content (AvgIpc) is 3.19. The first kappa shape index (κ1) is 21.8. The van der Waals surface area contributed by atoms with Crippen molar-refractivity contribution in [3.8, 4) is 5.75 Å². The van der Waals surface area contributed by atoms with Gasteiger partial charge >= 0.3 is 0 Å². The molecule has 2 aromatic carbocycles. The van der Waals surface area contributed by atoms with Crippen molar-refractivity contribution in [2.75, 3.05) is 26.0 Å². The second-order valence-corrected chi connectivity index (χ2v) is 8.34. The van der Waals surface area contributed by atoms with E-state index in [4.69, 9.17) is 4.74 Å². The molecular weight excluding hydrogens is 400 g/mol. The predicted molar refractivity (Wildman–Crippen MR) is 118 cm³/mol. The van der Waals surface area contributed by atoms with E-state index in [0.717, 1.165) is 17.9 Å². The number of carbonyl (C=O) groups is 1. The summed E-state index contributed by atoms with van der Waals surface area (Å²) in [5.74, 6) is 0.638. The van der Waals surface area contributed by atoms with Crippen LogP contribution in [-0.2, 0) is 17.9 Å². The summed E-state index contributed by atoms with van der Waals surface area (Å²) >= 11 is 1.34. The van der Waals surface area contributed by atoms with Gasteiger partial charge in [-0.15, -0.1) is 5.10 Å². The normalized spacial score (nSPS) is 12.0. The van der Waals surface area contributed by atoms with Crippen molar-refractivity contribution in [1.82, 2.24) is 25.1 Å². The maximum atomic E-state index is 12.6. The molecule has 1 N–H and O–H groups in total. The van der Waals surface area contributed by atoms with Gasteiger partial charge in [0, 0.05) is 12.2 Å². The van der Waals surface area contributed by atoms with E-state index in [-0.39, 0.29) is 11.2 Å². The lowest BCUT2D eigenvalue weighted by atomic mass is 10.2. The van der Waals surface area contributed by atoms with Gasteiger partial charge in [0.1, 0.15) is 12.4 Å². The zero-order valence-electron chi connectivity index (χ0n) is 17.4. The number of anilines is 1. The summed E-state index contributed by atoms with van der Waals surface area (Å²) in [5.41, 5.74) is 1.82. The fourth-order valence-electron chi connectivity index (χ4n) is 2.55. The van der Waals surface area contributed by atoms with Gasteiger partial charge in [0.2, 0.25) is 11.1 Å². The number of aromatic nitrogens is 4. The molecule has 0 aliphatic rings. The topological polar surface area (TPSA) is 85.2 Å². The molecular formula is C21H26N6O2S. The SMILES string of the molecule is CC(Sc1nnnn1CCN(C)C)C(=O)Nc1ccc(OCc2ccccc2)cc1. The summed E-state index contributed by atoms with van der Waals surface area (Å²) in [4.78, 5) is 14.6. The van der Waals surface area contributed by atoms with Crippen LogP contribution in [0.3, 0.4) is 0 Å². The molecule has 0 saturated heterocycles. The van der Waals surface area contributed by atoms with Gasteiger partial charge in [0.25, 0.3) is 0 Å². The summed E-state index contributed by atoms with van der Waals surface area (Å²) in [6.07, 6.45) is 0. The van der Waals surface area contributed by atoms with Crippen molar-refractivity contribution in [1.29, 1.82) is 0 Å². The number of ether oxygens (including phenoxy) is 1. The van der Waals surface area contributed by atoms with Gasteiger partial charge < -0.3 is 15.0 Å². The number of carbonyl (C=O) groups excluding carboxylic acids is 1. The van der Waals surface area contributed by atoms with Crippen LogP contribution in [0.2, 0.25) is 0 Å². The van der Waals surface area contributed by atoms with E-state index in [1.165, 1.54) is 11.8 Å². The van der Waals surface area contributed by atoms with Gasteiger partial charge in [-0.25, -0.2) is 4.68 Å². The molecule has 3 aromatic rings. The molecule has 30 heavy (non-hydrogen) atoms. The summed E-state index contributed by atoms with van der Waals surface area (Å²) in [5, 5.41) is 15.0. The molecule has 1 aromatic heterocycles. The third-order valence-electron chi connectivity index (χ3n) is 4.28. The van der Waals surface area contributed by atoms with Crippen LogP contribution < -0.4 is 10.1 Å². The Balaban J connectivity index is 1.50. The number of thioether (sulfide) groups is 1. The molecule has 0 radical (unpaired) electrons. The summed E-state index contributed by atoms with van der Waals surface area (Å²) < 4.78 is 7.49. The van der Waals surface area contributed by atoms with Crippen LogP contribution in [-0.4, -0.2) is 56.9 Å². The summed E-state index contributed by atoms with van der Waals surface area (Å²) in [6, 6.07) is 17.3. The Kier molecular flexibility index (Phi) is 7.81. The van der Waals surface area contributed by atoms with E-state index < -0.39 is 0 Å². The maximum absolute atomic E-state index is 12.6. The van der Waals surface area contributed by atoms with Gasteiger partial charge in [-0.1, -0.05) is 42.1 Å². The van der Waals surface area contributed by atoms with Crippen molar-refractivity contribution in [2.45, 2.75) is 30.5 Å². The predicted octanol–water partition coefficient (Wildman–Crippen LogP) is 2.93. The smallest absolute Gasteiger partial charge is 0.237 e. The molecule has 0 saturated carbocycles. The molecule has 3 rings (SSSR count). The molecule has 1 unspecified atom stereocenters. The van der Waals surface area contributed by atoms with E-state index in [0.29, 0.717) is 24.0 Å². The van der Waals surface area contributed by atoms with E-state index in [1.807, 2.05) is 75.6 Å². The van der Waals surface area contributed by atoms with E-state index in [9.17, 15) is 4.79 Å². The number of hydrogen-bond acceptors (Lipinski definition) is 7. The first-order valence-corrected chi connectivity index (χ1v) is 10.5. The van der Waals surface area contributed by atoms with Crippen LogP contribution in [0.15, 0.2) is 59.8 Å².